The molecule has 0 saturated carbocycles. The van der Waals surface area contributed by atoms with E-state index in [4.69, 9.17) is 4.74 Å². The molecule has 1 aromatic carbocycles. The van der Waals surface area contributed by atoms with Crippen molar-refractivity contribution in [3.63, 3.8) is 0 Å². The zero-order chi connectivity index (χ0) is 16.0. The van der Waals surface area contributed by atoms with Crippen molar-refractivity contribution >= 4 is 21.4 Å². The molecule has 0 aliphatic carbocycles. The lowest BCUT2D eigenvalue weighted by Crippen LogP contribution is -2.30. The Morgan fingerprint density at radius 3 is 2.62 bits per heavy atom. The van der Waals surface area contributed by atoms with Crippen LogP contribution in [0, 0.1) is 10.1 Å². The van der Waals surface area contributed by atoms with Crippen molar-refractivity contribution in [1.82, 2.24) is 4.31 Å². The highest BCUT2D eigenvalue weighted by atomic mass is 32.2. The van der Waals surface area contributed by atoms with E-state index in [9.17, 15) is 18.5 Å². The topological polar surface area (TPSA) is 102 Å². The smallest absolute Gasteiger partial charge is 0.271 e. The lowest BCUT2D eigenvalue weighted by Gasteiger charge is -2.19. The van der Waals surface area contributed by atoms with Crippen LogP contribution >= 0.6 is 0 Å². The highest BCUT2D eigenvalue weighted by molar-refractivity contribution is 7.89. The van der Waals surface area contributed by atoms with Crippen LogP contribution in [0.15, 0.2) is 23.1 Å². The van der Waals surface area contributed by atoms with Crippen molar-refractivity contribution in [2.45, 2.75) is 11.8 Å². The van der Waals surface area contributed by atoms with Crippen LogP contribution in [-0.4, -0.2) is 51.5 Å². The minimum absolute atomic E-state index is 0.00792. The normalized spacial score (nSPS) is 11.6. The maximum atomic E-state index is 12.5. The molecule has 9 heteroatoms. The molecule has 0 atom stereocenters. The number of benzene rings is 1. The molecule has 0 radical (unpaired) electrons. The van der Waals surface area contributed by atoms with E-state index < -0.39 is 14.9 Å². The van der Waals surface area contributed by atoms with Gasteiger partial charge in [-0.25, -0.2) is 8.42 Å². The monoisotopic (exact) mass is 317 g/mol. The zero-order valence-electron chi connectivity index (χ0n) is 12.2. The van der Waals surface area contributed by atoms with Crippen molar-refractivity contribution in [3.8, 4) is 0 Å². The van der Waals surface area contributed by atoms with Gasteiger partial charge in [0.15, 0.2) is 0 Å². The molecule has 1 N–H and O–H groups in total. The Bertz CT molecular complexity index is 603. The lowest BCUT2D eigenvalue weighted by molar-refractivity contribution is -0.384. The summed E-state index contributed by atoms with van der Waals surface area (Å²) < 4.78 is 31.0. The molecule has 118 valence electrons. The van der Waals surface area contributed by atoms with Crippen LogP contribution < -0.4 is 5.32 Å². The van der Waals surface area contributed by atoms with Gasteiger partial charge in [0, 0.05) is 39.4 Å². The summed E-state index contributed by atoms with van der Waals surface area (Å²) in [5.74, 6) is 0. The largest absolute Gasteiger partial charge is 0.384 e. The van der Waals surface area contributed by atoms with Crippen LogP contribution in [0.5, 0.6) is 0 Å². The first-order valence-electron chi connectivity index (χ1n) is 6.32. The molecule has 0 spiro atoms. The van der Waals surface area contributed by atoms with Gasteiger partial charge in [-0.2, -0.15) is 4.31 Å². The number of methoxy groups -OCH3 is 1. The van der Waals surface area contributed by atoms with E-state index in [0.29, 0.717) is 6.54 Å². The second-order valence-corrected chi connectivity index (χ2v) is 6.30. The Morgan fingerprint density at radius 2 is 2.10 bits per heavy atom. The summed E-state index contributed by atoms with van der Waals surface area (Å²) in [6.45, 7) is 2.69. The molecule has 1 rings (SSSR count). The molecule has 21 heavy (non-hydrogen) atoms. The van der Waals surface area contributed by atoms with Crippen LogP contribution in [0.2, 0.25) is 0 Å². The number of nitro benzene ring substituents is 1. The quantitative estimate of drug-likeness (QED) is 0.572. The molecule has 0 fully saturated rings. The lowest BCUT2D eigenvalue weighted by atomic mass is 10.3. The van der Waals surface area contributed by atoms with Gasteiger partial charge in [-0.05, 0) is 13.0 Å². The number of nitrogens with zero attached hydrogens (tertiary/aromatic N) is 2. The van der Waals surface area contributed by atoms with E-state index in [1.54, 1.807) is 6.92 Å². The number of nitro groups is 1. The summed E-state index contributed by atoms with van der Waals surface area (Å²) >= 11 is 0. The number of likely N-dealkylation sites (N-methyl/N-ethyl adjacent to an activating group) is 1. The van der Waals surface area contributed by atoms with Crippen LogP contribution in [0.3, 0.4) is 0 Å². The van der Waals surface area contributed by atoms with Gasteiger partial charge in [0.2, 0.25) is 10.0 Å². The number of non-ortho nitro benzene ring substituents is 1. The molecule has 0 aliphatic rings. The molecule has 0 saturated heterocycles. The average molecular weight is 317 g/mol. The number of hydrogen-bond donors (Lipinski definition) is 1. The van der Waals surface area contributed by atoms with Crippen LogP contribution in [0.1, 0.15) is 6.92 Å². The number of nitrogens with one attached hydrogen (secondary N) is 1. The first kappa shape index (κ1) is 17.3. The van der Waals surface area contributed by atoms with E-state index in [0.717, 1.165) is 4.31 Å². The van der Waals surface area contributed by atoms with Crippen molar-refractivity contribution < 1.29 is 18.1 Å². The second kappa shape index (κ2) is 7.34. The number of anilines is 1. The van der Waals surface area contributed by atoms with Crippen molar-refractivity contribution in [3.05, 3.63) is 28.3 Å². The Balaban J connectivity index is 3.24. The third-order valence-corrected chi connectivity index (χ3v) is 4.75. The summed E-state index contributed by atoms with van der Waals surface area (Å²) in [5.41, 5.74) is 0.0559. The first-order chi connectivity index (χ1) is 9.84. The molecule has 0 heterocycles. The minimum Gasteiger partial charge on any atom is -0.384 e. The van der Waals surface area contributed by atoms with Gasteiger partial charge in [0.1, 0.15) is 4.90 Å². The molecule has 0 aliphatic heterocycles. The number of hydrogen-bond acceptors (Lipinski definition) is 6. The maximum absolute atomic E-state index is 12.5. The van der Waals surface area contributed by atoms with Crippen molar-refractivity contribution in [1.29, 1.82) is 0 Å². The van der Waals surface area contributed by atoms with Gasteiger partial charge in [0.25, 0.3) is 5.69 Å². The predicted octanol–water partition coefficient (Wildman–Crippen LogP) is 1.29. The average Bonchev–Trinajstić information content (AvgIpc) is 2.44. The SMILES string of the molecule is CCNc1cc([N+](=O)[O-])ccc1S(=O)(=O)N(C)CCOC. The molecule has 0 amide bonds. The minimum atomic E-state index is -3.74. The predicted molar refractivity (Wildman–Crippen MR) is 79.0 cm³/mol. The van der Waals surface area contributed by atoms with Crippen LogP contribution in [0.25, 0.3) is 0 Å². The summed E-state index contributed by atoms with van der Waals surface area (Å²) in [7, 11) is -0.820. The zero-order valence-corrected chi connectivity index (χ0v) is 13.0. The fraction of sp³-hybridized carbons (Fsp3) is 0.500. The highest BCUT2D eigenvalue weighted by Crippen LogP contribution is 2.28. The van der Waals surface area contributed by atoms with E-state index in [1.165, 1.54) is 32.4 Å². The molecular weight excluding hydrogens is 298 g/mol. The number of sulfonamides is 1. The second-order valence-electron chi connectivity index (χ2n) is 4.29. The number of rotatable bonds is 8. The molecule has 0 unspecified atom stereocenters. The third-order valence-electron chi connectivity index (χ3n) is 2.84. The molecule has 1 aromatic rings. The molecule has 0 bridgehead atoms. The number of ether oxygens (including phenoxy) is 1. The van der Waals surface area contributed by atoms with Gasteiger partial charge in [-0.1, -0.05) is 0 Å². The Labute approximate surface area is 123 Å². The molecule has 0 aromatic heterocycles. The summed E-state index contributed by atoms with van der Waals surface area (Å²) in [6, 6.07) is 3.65. The summed E-state index contributed by atoms with van der Waals surface area (Å²) in [5, 5.41) is 13.6. The van der Waals surface area contributed by atoms with E-state index in [2.05, 4.69) is 5.32 Å². The molecular formula is C12H19N3O5S. The Kier molecular flexibility index (Phi) is 6.06. The van der Waals surface area contributed by atoms with Crippen LogP contribution in [0.4, 0.5) is 11.4 Å². The fourth-order valence-corrected chi connectivity index (χ4v) is 2.99. The van der Waals surface area contributed by atoms with E-state index in [1.807, 2.05) is 0 Å². The van der Waals surface area contributed by atoms with Crippen molar-refractivity contribution in [2.24, 2.45) is 0 Å². The van der Waals surface area contributed by atoms with Gasteiger partial charge in [0.05, 0.1) is 17.2 Å². The Hall–Kier alpha value is -1.71. The molecule has 8 nitrogen and oxygen atoms in total. The van der Waals surface area contributed by atoms with Gasteiger partial charge >= 0.3 is 0 Å². The summed E-state index contributed by atoms with van der Waals surface area (Å²) in [4.78, 5) is 10.2. The van der Waals surface area contributed by atoms with E-state index >= 15 is 0 Å². The standard InChI is InChI=1S/C12H19N3O5S/c1-4-13-11-9-10(15(16)17)5-6-12(11)21(18,19)14(2)7-8-20-3/h5-6,9,13H,4,7-8H2,1-3H3. The maximum Gasteiger partial charge on any atom is 0.271 e. The van der Waals surface area contributed by atoms with Crippen LogP contribution in [-0.2, 0) is 14.8 Å². The van der Waals surface area contributed by atoms with E-state index in [-0.39, 0.29) is 29.4 Å². The van der Waals surface area contributed by atoms with Crippen molar-refractivity contribution in [2.75, 3.05) is 39.2 Å². The summed E-state index contributed by atoms with van der Waals surface area (Å²) in [6.07, 6.45) is 0. The van der Waals surface area contributed by atoms with Gasteiger partial charge in [-0.3, -0.25) is 10.1 Å². The van der Waals surface area contributed by atoms with Gasteiger partial charge in [-0.15, -0.1) is 0 Å². The van der Waals surface area contributed by atoms with Gasteiger partial charge < -0.3 is 10.1 Å². The Morgan fingerprint density at radius 1 is 1.43 bits per heavy atom. The third kappa shape index (κ3) is 4.13. The first-order valence-corrected chi connectivity index (χ1v) is 7.76. The highest BCUT2D eigenvalue weighted by Gasteiger charge is 2.25. The fourth-order valence-electron chi connectivity index (χ4n) is 1.69.